The summed E-state index contributed by atoms with van der Waals surface area (Å²) in [5, 5.41) is 0. The quantitative estimate of drug-likeness (QED) is 0.524. The van der Waals surface area contributed by atoms with Crippen LogP contribution in [0, 0.1) is 0 Å². The van der Waals surface area contributed by atoms with Gasteiger partial charge in [0.25, 0.3) is 0 Å². The lowest BCUT2D eigenvalue weighted by Crippen LogP contribution is -2.32. The lowest BCUT2D eigenvalue weighted by Gasteiger charge is -2.12. The summed E-state index contributed by atoms with van der Waals surface area (Å²) in [7, 11) is -3.65. The Labute approximate surface area is 170 Å². The highest BCUT2D eigenvalue weighted by atomic mass is 32.2. The van der Waals surface area contributed by atoms with Crippen LogP contribution in [0.5, 0.6) is 5.75 Å². The zero-order valence-electron chi connectivity index (χ0n) is 16.3. The van der Waals surface area contributed by atoms with Gasteiger partial charge in [0, 0.05) is 18.0 Å². The molecule has 154 valence electrons. The fraction of sp³-hybridized carbons (Fsp3) is 0.333. The average molecular weight is 417 g/mol. The molecule has 29 heavy (non-hydrogen) atoms. The molecule has 1 aliphatic rings. The molecular formula is C21H23NO6S. The molecule has 0 aromatic heterocycles. The van der Waals surface area contributed by atoms with Crippen LogP contribution in [0.2, 0.25) is 0 Å². The zero-order chi connectivity index (χ0) is 21.0. The minimum Gasteiger partial charge on any atom is -0.493 e. The number of benzene rings is 2. The smallest absolute Gasteiger partial charge is 0.338 e. The van der Waals surface area contributed by atoms with Gasteiger partial charge in [-0.2, -0.15) is 0 Å². The topological polar surface area (TPSA) is 98.8 Å². The van der Waals surface area contributed by atoms with Gasteiger partial charge in [-0.1, -0.05) is 6.92 Å². The van der Waals surface area contributed by atoms with Crippen LogP contribution >= 0.6 is 0 Å². The van der Waals surface area contributed by atoms with E-state index in [1.165, 1.54) is 24.3 Å². The lowest BCUT2D eigenvalue weighted by molar-refractivity contribution is 0.0474. The predicted octanol–water partition coefficient (Wildman–Crippen LogP) is 2.74. The molecule has 0 radical (unpaired) electrons. The molecule has 0 amide bonds. The largest absolute Gasteiger partial charge is 0.493 e. The first-order valence-corrected chi connectivity index (χ1v) is 10.9. The highest BCUT2D eigenvalue weighted by Crippen LogP contribution is 2.26. The molecule has 2 aromatic rings. The van der Waals surface area contributed by atoms with Crippen LogP contribution in [0.15, 0.2) is 47.4 Å². The fourth-order valence-corrected chi connectivity index (χ4v) is 4.17. The first kappa shape index (κ1) is 21.0. The summed E-state index contributed by atoms with van der Waals surface area (Å²) in [5.41, 5.74) is 1.59. The third-order valence-electron chi connectivity index (χ3n) is 4.71. The number of hydrogen-bond acceptors (Lipinski definition) is 6. The molecule has 0 spiro atoms. The van der Waals surface area contributed by atoms with Crippen molar-refractivity contribution in [3.05, 3.63) is 59.2 Å². The van der Waals surface area contributed by atoms with E-state index in [0.717, 1.165) is 17.7 Å². The molecule has 0 fully saturated rings. The van der Waals surface area contributed by atoms with Gasteiger partial charge in [0.2, 0.25) is 10.0 Å². The average Bonchev–Trinajstić information content (AvgIpc) is 3.19. The maximum atomic E-state index is 12.3. The van der Waals surface area contributed by atoms with Gasteiger partial charge >= 0.3 is 5.97 Å². The second kappa shape index (κ2) is 8.75. The zero-order valence-corrected chi connectivity index (χ0v) is 17.1. The summed E-state index contributed by atoms with van der Waals surface area (Å²) >= 11 is 0. The van der Waals surface area contributed by atoms with E-state index in [0.29, 0.717) is 18.6 Å². The van der Waals surface area contributed by atoms with E-state index >= 15 is 0 Å². The van der Waals surface area contributed by atoms with Gasteiger partial charge in [-0.25, -0.2) is 17.9 Å². The summed E-state index contributed by atoms with van der Waals surface area (Å²) in [6.45, 7) is 3.85. The number of carbonyl (C=O) groups excluding carboxylic acids is 2. The summed E-state index contributed by atoms with van der Waals surface area (Å²) in [6.07, 6.45) is 1.41. The van der Waals surface area contributed by atoms with E-state index in [2.05, 4.69) is 4.72 Å². The molecule has 8 heteroatoms. The Morgan fingerprint density at radius 1 is 1.14 bits per heavy atom. The number of Topliss-reactive ketones (excluding diaryl/α,β-unsaturated/α-hetero) is 1. The Hall–Kier alpha value is -2.71. The minimum absolute atomic E-state index is 0.0609. The second-order valence-corrected chi connectivity index (χ2v) is 8.59. The van der Waals surface area contributed by atoms with E-state index in [-0.39, 0.29) is 22.3 Å². The van der Waals surface area contributed by atoms with Gasteiger partial charge in [-0.05, 0) is 61.4 Å². The van der Waals surface area contributed by atoms with Gasteiger partial charge in [0.05, 0.1) is 17.1 Å². The molecule has 1 unspecified atom stereocenters. The van der Waals surface area contributed by atoms with E-state index in [1.54, 1.807) is 25.1 Å². The van der Waals surface area contributed by atoms with Crippen LogP contribution in [0.1, 0.15) is 46.5 Å². The van der Waals surface area contributed by atoms with Crippen LogP contribution in [-0.2, 0) is 21.2 Å². The second-order valence-electron chi connectivity index (χ2n) is 6.88. The van der Waals surface area contributed by atoms with Crippen molar-refractivity contribution >= 4 is 21.8 Å². The number of hydrogen-bond donors (Lipinski definition) is 1. The van der Waals surface area contributed by atoms with Crippen molar-refractivity contribution in [3.63, 3.8) is 0 Å². The molecule has 1 heterocycles. The van der Waals surface area contributed by atoms with Crippen LogP contribution in [0.25, 0.3) is 0 Å². The van der Waals surface area contributed by atoms with Gasteiger partial charge < -0.3 is 9.47 Å². The molecule has 0 bridgehead atoms. The summed E-state index contributed by atoms with van der Waals surface area (Å²) < 4.78 is 37.6. The Bertz CT molecular complexity index is 1010. The van der Waals surface area contributed by atoms with Crippen LogP contribution in [0.4, 0.5) is 0 Å². The maximum Gasteiger partial charge on any atom is 0.338 e. The van der Waals surface area contributed by atoms with E-state index in [4.69, 9.17) is 9.47 Å². The highest BCUT2D eigenvalue weighted by Gasteiger charge is 2.19. The van der Waals surface area contributed by atoms with Crippen molar-refractivity contribution in [2.24, 2.45) is 0 Å². The number of nitrogens with one attached hydrogen (secondary N) is 1. The van der Waals surface area contributed by atoms with Gasteiger partial charge in [-0.15, -0.1) is 0 Å². The fourth-order valence-electron chi connectivity index (χ4n) is 2.84. The van der Waals surface area contributed by atoms with Crippen LogP contribution in [0.3, 0.4) is 0 Å². The number of fused-ring (bicyclic) bond motifs is 1. The number of sulfonamides is 1. The molecular weight excluding hydrogens is 394 g/mol. The van der Waals surface area contributed by atoms with Crippen molar-refractivity contribution in [1.82, 2.24) is 4.72 Å². The SMILES string of the molecule is CCC(C)NS(=O)(=O)c1ccc(C(=O)OCC(=O)c2ccc3c(c2)CCO3)cc1. The minimum atomic E-state index is -3.65. The first-order valence-electron chi connectivity index (χ1n) is 9.38. The molecule has 0 saturated heterocycles. The van der Waals surface area contributed by atoms with Crippen molar-refractivity contribution in [1.29, 1.82) is 0 Å². The third kappa shape index (κ3) is 5.02. The highest BCUT2D eigenvalue weighted by molar-refractivity contribution is 7.89. The molecule has 1 N–H and O–H groups in total. The van der Waals surface area contributed by atoms with Crippen LogP contribution in [-0.4, -0.2) is 39.4 Å². The standard InChI is InChI=1S/C21H23NO6S/c1-3-14(2)22-29(25,26)18-7-4-15(5-8-18)21(24)28-13-19(23)16-6-9-20-17(12-16)10-11-27-20/h4-9,12,14,22H,3,10-11,13H2,1-2H3. The Kier molecular flexibility index (Phi) is 6.34. The number of ether oxygens (including phenoxy) is 2. The number of rotatable bonds is 8. The van der Waals surface area contributed by atoms with E-state index < -0.39 is 22.6 Å². The van der Waals surface area contributed by atoms with Gasteiger partial charge in [0.15, 0.2) is 12.4 Å². The monoisotopic (exact) mass is 417 g/mol. The molecule has 1 atom stereocenters. The van der Waals surface area contributed by atoms with Crippen molar-refractivity contribution < 1.29 is 27.5 Å². The third-order valence-corrected chi connectivity index (χ3v) is 6.32. The lowest BCUT2D eigenvalue weighted by atomic mass is 10.1. The van der Waals surface area contributed by atoms with E-state index in [9.17, 15) is 18.0 Å². The Morgan fingerprint density at radius 3 is 2.52 bits per heavy atom. The summed E-state index contributed by atoms with van der Waals surface area (Å²) in [4.78, 5) is 24.5. The maximum absolute atomic E-state index is 12.3. The molecule has 0 saturated carbocycles. The number of esters is 1. The van der Waals surface area contributed by atoms with Gasteiger partial charge in [-0.3, -0.25) is 4.79 Å². The molecule has 3 rings (SSSR count). The Morgan fingerprint density at radius 2 is 1.83 bits per heavy atom. The van der Waals surface area contributed by atoms with E-state index in [1.807, 2.05) is 6.92 Å². The van der Waals surface area contributed by atoms with Gasteiger partial charge in [0.1, 0.15) is 5.75 Å². The molecule has 2 aromatic carbocycles. The van der Waals surface area contributed by atoms with Crippen molar-refractivity contribution in [3.8, 4) is 5.75 Å². The predicted molar refractivity (Wildman–Crippen MR) is 107 cm³/mol. The van der Waals surface area contributed by atoms with Crippen LogP contribution < -0.4 is 9.46 Å². The number of carbonyl (C=O) groups is 2. The Balaban J connectivity index is 1.60. The van der Waals surface area contributed by atoms with Crippen molar-refractivity contribution in [2.75, 3.05) is 13.2 Å². The normalized spacial score (nSPS) is 14.0. The molecule has 1 aliphatic heterocycles. The molecule has 0 aliphatic carbocycles. The summed E-state index contributed by atoms with van der Waals surface area (Å²) in [6, 6.07) is 10.3. The van der Waals surface area contributed by atoms with Crippen molar-refractivity contribution in [2.45, 2.75) is 37.6 Å². The number of ketones is 1. The first-order chi connectivity index (χ1) is 13.8. The summed E-state index contributed by atoms with van der Waals surface area (Å²) in [5.74, 6) is -0.233. The molecule has 7 nitrogen and oxygen atoms in total.